The summed E-state index contributed by atoms with van der Waals surface area (Å²) in [6, 6.07) is 8.16. The van der Waals surface area contributed by atoms with Gasteiger partial charge in [0, 0.05) is 0 Å². The Morgan fingerprint density at radius 3 is 2.00 bits per heavy atom. The normalized spacial score (nSPS) is 10.9. The summed E-state index contributed by atoms with van der Waals surface area (Å²) in [5.41, 5.74) is 1.42. The second-order valence-electron chi connectivity index (χ2n) is 3.15. The predicted octanol–water partition coefficient (Wildman–Crippen LogP) is 2.59. The minimum absolute atomic E-state index is 0.338. The summed E-state index contributed by atoms with van der Waals surface area (Å²) in [7, 11) is -5.42. The van der Waals surface area contributed by atoms with Crippen LogP contribution in [0.3, 0.4) is 0 Å². The van der Waals surface area contributed by atoms with Gasteiger partial charge in [0.1, 0.15) is 0 Å². The average molecular weight is 334 g/mol. The van der Waals surface area contributed by atoms with Gasteiger partial charge < -0.3 is 4.55 Å². The standard InChI is InChI=1S/C9H12ClSe.FHO3S/c1-11(2)7-8-3-5-9(10)6-4-8;1-5(2,3)4/h3-6H,7H2,1-2H3;(H,2,3,4)/q+1;/p-1. The minimum Gasteiger partial charge on any atom is -0.722 e. The smallest absolute Gasteiger partial charge is 0.255 e. The summed E-state index contributed by atoms with van der Waals surface area (Å²) in [5.74, 6) is 4.68. The van der Waals surface area contributed by atoms with Crippen LogP contribution in [0.5, 0.6) is 0 Å². The maximum absolute atomic E-state index is 10.1. The second kappa shape index (κ2) is 7.25. The molecule has 0 saturated heterocycles. The van der Waals surface area contributed by atoms with Crippen LogP contribution in [0.15, 0.2) is 24.3 Å². The van der Waals surface area contributed by atoms with Crippen LogP contribution in [-0.4, -0.2) is 26.9 Å². The molecular formula is C9H12ClFO3SSe. The van der Waals surface area contributed by atoms with Gasteiger partial charge in [0.2, 0.25) is 0 Å². The summed E-state index contributed by atoms with van der Waals surface area (Å²) >= 11 is 5.42. The van der Waals surface area contributed by atoms with Gasteiger partial charge in [-0.15, -0.1) is 3.89 Å². The molecule has 0 aliphatic heterocycles. The van der Waals surface area contributed by atoms with Crippen LogP contribution in [0.4, 0.5) is 3.89 Å². The molecule has 0 unspecified atom stereocenters. The average Bonchev–Trinajstić information content (AvgIpc) is 2.05. The van der Waals surface area contributed by atoms with Gasteiger partial charge in [-0.05, 0) is 0 Å². The van der Waals surface area contributed by atoms with Crippen molar-refractivity contribution in [3.63, 3.8) is 0 Å². The molecule has 0 aliphatic rings. The number of hydrogen-bond donors (Lipinski definition) is 0. The minimum atomic E-state index is -5.42. The van der Waals surface area contributed by atoms with Crippen molar-refractivity contribution in [2.24, 2.45) is 0 Å². The summed E-state index contributed by atoms with van der Waals surface area (Å²) in [6.45, 7) is 0. The van der Waals surface area contributed by atoms with Crippen LogP contribution in [0.1, 0.15) is 5.56 Å². The Kier molecular flexibility index (Phi) is 7.19. The Morgan fingerprint density at radius 2 is 1.69 bits per heavy atom. The van der Waals surface area contributed by atoms with Gasteiger partial charge in [0.15, 0.2) is 0 Å². The number of rotatable bonds is 2. The van der Waals surface area contributed by atoms with Gasteiger partial charge in [-0.25, -0.2) is 8.42 Å². The van der Waals surface area contributed by atoms with Crippen molar-refractivity contribution in [1.29, 1.82) is 0 Å². The van der Waals surface area contributed by atoms with Crippen molar-refractivity contribution in [2.75, 3.05) is 0 Å². The Balaban J connectivity index is 0.000000385. The van der Waals surface area contributed by atoms with Gasteiger partial charge in [-0.3, -0.25) is 0 Å². The van der Waals surface area contributed by atoms with E-state index in [-0.39, 0.29) is 13.9 Å². The summed E-state index contributed by atoms with van der Waals surface area (Å²) in [5, 5.41) is 2.09. The number of hydrogen-bond acceptors (Lipinski definition) is 3. The molecule has 16 heavy (non-hydrogen) atoms. The second-order valence-corrected chi connectivity index (χ2v) is 9.11. The molecule has 0 saturated carbocycles. The fourth-order valence-electron chi connectivity index (χ4n) is 0.914. The number of benzene rings is 1. The molecule has 1 aromatic carbocycles. The first-order valence-corrected chi connectivity index (χ1v) is 10.4. The van der Waals surface area contributed by atoms with Crippen molar-refractivity contribution in [2.45, 2.75) is 17.0 Å². The van der Waals surface area contributed by atoms with E-state index in [2.05, 4.69) is 23.8 Å². The van der Waals surface area contributed by atoms with E-state index in [4.69, 9.17) is 24.6 Å². The van der Waals surface area contributed by atoms with E-state index < -0.39 is 10.5 Å². The maximum atomic E-state index is 10.1. The van der Waals surface area contributed by atoms with E-state index in [1.54, 1.807) is 0 Å². The van der Waals surface area contributed by atoms with E-state index in [0.717, 1.165) is 5.02 Å². The van der Waals surface area contributed by atoms with Crippen molar-refractivity contribution in [1.82, 2.24) is 0 Å². The first kappa shape index (κ1) is 15.9. The molecule has 0 heterocycles. The Bertz CT molecular complexity index is 397. The Morgan fingerprint density at radius 1 is 1.31 bits per heavy atom. The van der Waals surface area contributed by atoms with E-state index in [0.29, 0.717) is 0 Å². The van der Waals surface area contributed by atoms with Crippen molar-refractivity contribution in [3.8, 4) is 0 Å². The third kappa shape index (κ3) is 11.9. The molecule has 0 aliphatic carbocycles. The van der Waals surface area contributed by atoms with Crippen LogP contribution >= 0.6 is 11.6 Å². The van der Waals surface area contributed by atoms with Crippen LogP contribution < -0.4 is 0 Å². The van der Waals surface area contributed by atoms with Gasteiger partial charge in [0.05, 0.1) is 0 Å². The Hall–Kier alpha value is -0.131. The number of halogens is 2. The molecule has 0 bridgehead atoms. The van der Waals surface area contributed by atoms with Crippen molar-refractivity contribution < 1.29 is 16.9 Å². The van der Waals surface area contributed by atoms with Gasteiger partial charge in [0.25, 0.3) is 10.5 Å². The van der Waals surface area contributed by atoms with Gasteiger partial charge >= 0.3 is 77.3 Å². The largest absolute Gasteiger partial charge is 0.722 e. The zero-order chi connectivity index (χ0) is 12.8. The molecule has 0 fully saturated rings. The predicted molar refractivity (Wildman–Crippen MR) is 63.4 cm³/mol. The maximum Gasteiger partial charge on any atom is 0.255 e. The first-order chi connectivity index (χ1) is 7.18. The first-order valence-electron chi connectivity index (χ1n) is 4.12. The molecule has 0 atom stereocenters. The molecule has 0 radical (unpaired) electrons. The molecule has 92 valence electrons. The monoisotopic (exact) mass is 334 g/mol. The molecule has 1 rings (SSSR count). The van der Waals surface area contributed by atoms with Crippen LogP contribution in [0.2, 0.25) is 16.7 Å². The zero-order valence-corrected chi connectivity index (χ0v) is 12.1. The van der Waals surface area contributed by atoms with E-state index in [1.807, 2.05) is 12.1 Å². The third-order valence-corrected chi connectivity index (χ3v) is 3.53. The van der Waals surface area contributed by atoms with Gasteiger partial charge in [-0.1, -0.05) is 0 Å². The fraction of sp³-hybridized carbons (Fsp3) is 0.333. The van der Waals surface area contributed by atoms with E-state index in [9.17, 15) is 3.89 Å². The molecule has 3 nitrogen and oxygen atoms in total. The van der Waals surface area contributed by atoms with Crippen LogP contribution in [0, 0.1) is 0 Å². The summed E-state index contributed by atoms with van der Waals surface area (Å²) in [6.07, 6.45) is 0. The topological polar surface area (TPSA) is 57.2 Å². The molecular weight excluding hydrogens is 322 g/mol. The van der Waals surface area contributed by atoms with Crippen molar-refractivity contribution >= 4 is 36.0 Å². The van der Waals surface area contributed by atoms with E-state index >= 15 is 0 Å². The third-order valence-electron chi connectivity index (χ3n) is 1.37. The molecule has 1 aromatic rings. The molecule has 7 heteroatoms. The van der Waals surface area contributed by atoms with Crippen molar-refractivity contribution in [3.05, 3.63) is 34.9 Å². The van der Waals surface area contributed by atoms with Gasteiger partial charge in [-0.2, -0.15) is 0 Å². The Labute approximate surface area is 105 Å². The quantitative estimate of drug-likeness (QED) is 0.475. The van der Waals surface area contributed by atoms with E-state index in [1.165, 1.54) is 10.9 Å². The van der Waals surface area contributed by atoms with Crippen LogP contribution in [0.25, 0.3) is 0 Å². The molecule has 0 spiro atoms. The van der Waals surface area contributed by atoms with Crippen LogP contribution in [-0.2, 0) is 15.8 Å². The molecule has 0 aromatic heterocycles. The summed E-state index contributed by atoms with van der Waals surface area (Å²) < 4.78 is 35.3. The summed E-state index contributed by atoms with van der Waals surface area (Å²) in [4.78, 5) is 0. The molecule has 0 amide bonds. The fourth-order valence-corrected chi connectivity index (χ4v) is 2.84. The SMILES string of the molecule is C[Se+](C)Cc1ccc(Cl)cc1.O=S(=O)([O-])F. The zero-order valence-electron chi connectivity index (χ0n) is 8.81. The molecule has 0 N–H and O–H groups in total.